The quantitative estimate of drug-likeness (QED) is 0.673. The van der Waals surface area contributed by atoms with Crippen LogP contribution in [-0.4, -0.2) is 49.2 Å². The summed E-state index contributed by atoms with van der Waals surface area (Å²) in [5, 5.41) is 11.8. The minimum atomic E-state index is -0.0678. The summed E-state index contributed by atoms with van der Waals surface area (Å²) in [6.45, 7) is 3.97. The van der Waals surface area contributed by atoms with E-state index in [4.69, 9.17) is 10.00 Å². The van der Waals surface area contributed by atoms with Crippen LogP contribution in [0, 0.1) is 11.3 Å². The number of nitrogens with one attached hydrogen (secondary N) is 1. The molecule has 0 unspecified atom stereocenters. The van der Waals surface area contributed by atoms with E-state index < -0.39 is 0 Å². The Labute approximate surface area is 95.4 Å². The predicted octanol–water partition coefficient (Wildman–Crippen LogP) is -0.119. The summed E-state index contributed by atoms with van der Waals surface area (Å²) in [7, 11) is 0. The fraction of sp³-hybridized carbons (Fsp3) is 0.818. The van der Waals surface area contributed by atoms with Gasteiger partial charge in [0.05, 0.1) is 18.3 Å². The van der Waals surface area contributed by atoms with Crippen molar-refractivity contribution in [3.05, 3.63) is 0 Å². The first kappa shape index (κ1) is 11.4. The fourth-order valence-electron chi connectivity index (χ4n) is 2.37. The van der Waals surface area contributed by atoms with Crippen molar-refractivity contribution in [3.8, 4) is 6.07 Å². The van der Waals surface area contributed by atoms with E-state index in [0.29, 0.717) is 13.1 Å². The SMILES string of the molecule is N#CCC(=O)N1CCC2(CC1)CNCCO2. The number of rotatable bonds is 1. The van der Waals surface area contributed by atoms with Crippen LogP contribution in [0.4, 0.5) is 0 Å². The Kier molecular flexibility index (Phi) is 3.42. The highest BCUT2D eigenvalue weighted by Gasteiger charge is 2.37. The van der Waals surface area contributed by atoms with Gasteiger partial charge in [-0.1, -0.05) is 0 Å². The van der Waals surface area contributed by atoms with E-state index in [1.807, 2.05) is 6.07 Å². The molecule has 0 radical (unpaired) electrons. The van der Waals surface area contributed by atoms with Crippen molar-refractivity contribution in [2.75, 3.05) is 32.8 Å². The molecule has 16 heavy (non-hydrogen) atoms. The van der Waals surface area contributed by atoms with Crippen LogP contribution in [-0.2, 0) is 9.53 Å². The molecule has 0 atom stereocenters. The number of likely N-dealkylation sites (tertiary alicyclic amines) is 1. The van der Waals surface area contributed by atoms with Gasteiger partial charge in [0.25, 0.3) is 0 Å². The number of nitriles is 1. The van der Waals surface area contributed by atoms with Crippen LogP contribution in [0.3, 0.4) is 0 Å². The van der Waals surface area contributed by atoms with Gasteiger partial charge in [-0.3, -0.25) is 4.79 Å². The highest BCUT2D eigenvalue weighted by Crippen LogP contribution is 2.27. The van der Waals surface area contributed by atoms with Gasteiger partial charge >= 0.3 is 0 Å². The Hall–Kier alpha value is -1.12. The van der Waals surface area contributed by atoms with Crippen LogP contribution in [0.15, 0.2) is 0 Å². The molecule has 2 rings (SSSR count). The molecule has 0 aromatic heterocycles. The molecule has 0 aromatic rings. The van der Waals surface area contributed by atoms with E-state index in [9.17, 15) is 4.79 Å². The third kappa shape index (κ3) is 2.34. The minimum Gasteiger partial charge on any atom is -0.372 e. The van der Waals surface area contributed by atoms with Gasteiger partial charge in [0.15, 0.2) is 0 Å². The van der Waals surface area contributed by atoms with Crippen molar-refractivity contribution in [2.24, 2.45) is 0 Å². The maximum absolute atomic E-state index is 11.5. The molecule has 2 heterocycles. The second-order valence-corrected chi connectivity index (χ2v) is 4.42. The van der Waals surface area contributed by atoms with Gasteiger partial charge < -0.3 is 15.0 Å². The molecule has 0 bridgehead atoms. The lowest BCUT2D eigenvalue weighted by molar-refractivity contribution is -0.139. The standard InChI is InChI=1S/C11H17N3O2/c12-4-1-10(15)14-6-2-11(3-7-14)9-13-5-8-16-11/h13H,1-3,5-9H2. The van der Waals surface area contributed by atoms with Crippen molar-refractivity contribution in [1.29, 1.82) is 5.26 Å². The Balaban J connectivity index is 1.86. The maximum atomic E-state index is 11.5. The fourth-order valence-corrected chi connectivity index (χ4v) is 2.37. The molecule has 1 amide bonds. The van der Waals surface area contributed by atoms with Crippen LogP contribution in [0.5, 0.6) is 0 Å². The molecule has 5 heteroatoms. The largest absolute Gasteiger partial charge is 0.372 e. The molecule has 0 aromatic carbocycles. The number of carbonyl (C=O) groups is 1. The smallest absolute Gasteiger partial charge is 0.236 e. The summed E-state index contributed by atoms with van der Waals surface area (Å²) in [6, 6.07) is 1.90. The summed E-state index contributed by atoms with van der Waals surface area (Å²) in [5.74, 6) is -0.0545. The minimum absolute atomic E-state index is 0.00783. The molecule has 0 saturated carbocycles. The molecule has 2 saturated heterocycles. The lowest BCUT2D eigenvalue weighted by Gasteiger charge is -2.43. The van der Waals surface area contributed by atoms with Gasteiger partial charge in [-0.05, 0) is 12.8 Å². The molecular formula is C11H17N3O2. The van der Waals surface area contributed by atoms with Gasteiger partial charge in [-0.25, -0.2) is 0 Å². The predicted molar refractivity (Wildman–Crippen MR) is 57.6 cm³/mol. The number of ether oxygens (including phenoxy) is 1. The van der Waals surface area contributed by atoms with Crippen LogP contribution >= 0.6 is 0 Å². The maximum Gasteiger partial charge on any atom is 0.236 e. The summed E-state index contributed by atoms with van der Waals surface area (Å²) in [5.41, 5.74) is -0.0678. The molecule has 88 valence electrons. The number of carbonyl (C=O) groups excluding carboxylic acids is 1. The van der Waals surface area contributed by atoms with Crippen LogP contribution in [0.25, 0.3) is 0 Å². The second-order valence-electron chi connectivity index (χ2n) is 4.42. The number of hydrogen-bond donors (Lipinski definition) is 1. The monoisotopic (exact) mass is 223 g/mol. The third-order valence-electron chi connectivity index (χ3n) is 3.39. The first-order valence-corrected chi connectivity index (χ1v) is 5.75. The van der Waals surface area contributed by atoms with Gasteiger partial charge in [0.2, 0.25) is 5.91 Å². The Morgan fingerprint density at radius 3 is 2.81 bits per heavy atom. The van der Waals surface area contributed by atoms with Crippen molar-refractivity contribution >= 4 is 5.91 Å². The van der Waals surface area contributed by atoms with E-state index in [-0.39, 0.29) is 17.9 Å². The average molecular weight is 223 g/mol. The average Bonchev–Trinajstić information content (AvgIpc) is 2.31. The lowest BCUT2D eigenvalue weighted by Crippen LogP contribution is -2.56. The van der Waals surface area contributed by atoms with Crippen molar-refractivity contribution in [2.45, 2.75) is 24.9 Å². The molecule has 2 aliphatic rings. The second kappa shape index (κ2) is 4.81. The first-order valence-electron chi connectivity index (χ1n) is 5.75. The number of hydrogen-bond acceptors (Lipinski definition) is 4. The van der Waals surface area contributed by atoms with Gasteiger partial charge in [0.1, 0.15) is 6.42 Å². The molecular weight excluding hydrogens is 206 g/mol. The summed E-state index contributed by atoms with van der Waals surface area (Å²) < 4.78 is 5.83. The number of amides is 1. The summed E-state index contributed by atoms with van der Waals surface area (Å²) in [6.07, 6.45) is 1.74. The van der Waals surface area contributed by atoms with Crippen LogP contribution < -0.4 is 5.32 Å². The van der Waals surface area contributed by atoms with Crippen molar-refractivity contribution in [3.63, 3.8) is 0 Å². The van der Waals surface area contributed by atoms with Crippen molar-refractivity contribution in [1.82, 2.24) is 10.2 Å². The van der Waals surface area contributed by atoms with Gasteiger partial charge in [-0.15, -0.1) is 0 Å². The van der Waals surface area contributed by atoms with E-state index in [1.165, 1.54) is 0 Å². The lowest BCUT2D eigenvalue weighted by atomic mass is 9.90. The van der Waals surface area contributed by atoms with E-state index in [0.717, 1.165) is 32.5 Å². The zero-order valence-corrected chi connectivity index (χ0v) is 9.37. The summed E-state index contributed by atoms with van der Waals surface area (Å²) >= 11 is 0. The van der Waals surface area contributed by atoms with Crippen LogP contribution in [0.2, 0.25) is 0 Å². The molecule has 2 fully saturated rings. The first-order chi connectivity index (χ1) is 7.76. The van der Waals surface area contributed by atoms with Crippen LogP contribution in [0.1, 0.15) is 19.3 Å². The number of piperidine rings is 1. The van der Waals surface area contributed by atoms with Gasteiger partial charge in [-0.2, -0.15) is 5.26 Å². The highest BCUT2D eigenvalue weighted by atomic mass is 16.5. The third-order valence-corrected chi connectivity index (χ3v) is 3.39. The molecule has 0 aliphatic carbocycles. The Bertz CT molecular complexity index is 295. The normalized spacial score (nSPS) is 24.1. The van der Waals surface area contributed by atoms with Gasteiger partial charge in [0, 0.05) is 26.2 Å². The number of morpholine rings is 1. The van der Waals surface area contributed by atoms with E-state index >= 15 is 0 Å². The highest BCUT2D eigenvalue weighted by molar-refractivity contribution is 5.78. The van der Waals surface area contributed by atoms with Crippen molar-refractivity contribution < 1.29 is 9.53 Å². The summed E-state index contributed by atoms with van der Waals surface area (Å²) in [4.78, 5) is 13.3. The van der Waals surface area contributed by atoms with E-state index in [2.05, 4.69) is 5.32 Å². The zero-order valence-electron chi connectivity index (χ0n) is 9.37. The number of nitrogens with zero attached hydrogens (tertiary/aromatic N) is 2. The zero-order chi connectivity index (χ0) is 11.4. The van der Waals surface area contributed by atoms with E-state index in [1.54, 1.807) is 4.90 Å². The molecule has 2 aliphatic heterocycles. The Morgan fingerprint density at radius 2 is 2.25 bits per heavy atom. The molecule has 1 spiro atoms. The molecule has 1 N–H and O–H groups in total. The molecule has 5 nitrogen and oxygen atoms in total. The Morgan fingerprint density at radius 1 is 1.50 bits per heavy atom. The topological polar surface area (TPSA) is 65.4 Å².